The molecule has 0 unspecified atom stereocenters. The number of ether oxygens (including phenoxy) is 1. The first-order valence-electron chi connectivity index (χ1n) is 10.2. The van der Waals surface area contributed by atoms with Gasteiger partial charge >= 0.3 is 0 Å². The summed E-state index contributed by atoms with van der Waals surface area (Å²) in [7, 11) is 1.69. The van der Waals surface area contributed by atoms with E-state index >= 15 is 0 Å². The maximum atomic E-state index is 12.4. The van der Waals surface area contributed by atoms with Gasteiger partial charge < -0.3 is 19.4 Å². The van der Waals surface area contributed by atoms with E-state index in [0.717, 1.165) is 49.8 Å². The van der Waals surface area contributed by atoms with E-state index in [4.69, 9.17) is 9.15 Å². The third-order valence-corrected chi connectivity index (χ3v) is 5.41. The molecule has 0 bridgehead atoms. The second-order valence-electron chi connectivity index (χ2n) is 7.42. The van der Waals surface area contributed by atoms with E-state index in [1.165, 1.54) is 5.69 Å². The molecule has 1 aromatic heterocycles. The lowest BCUT2D eigenvalue weighted by atomic mass is 10.1. The summed E-state index contributed by atoms with van der Waals surface area (Å²) in [5.41, 5.74) is 3.06. The lowest BCUT2D eigenvalue weighted by Crippen LogP contribution is -2.45. The number of amides is 1. The van der Waals surface area contributed by atoms with Crippen LogP contribution in [0.15, 0.2) is 71.3 Å². The Kier molecular flexibility index (Phi) is 6.35. The average molecular weight is 405 g/mol. The molecule has 0 radical (unpaired) electrons. The Labute approximate surface area is 177 Å². The van der Waals surface area contributed by atoms with Crippen LogP contribution in [-0.4, -0.2) is 44.1 Å². The zero-order valence-electron chi connectivity index (χ0n) is 17.2. The van der Waals surface area contributed by atoms with Crippen LogP contribution in [0.3, 0.4) is 0 Å². The fraction of sp³-hybridized carbons (Fsp3) is 0.292. The molecule has 2 heterocycles. The van der Waals surface area contributed by atoms with Crippen molar-refractivity contribution >= 4 is 11.6 Å². The number of hydrogen-bond donors (Lipinski definition) is 1. The molecule has 6 heteroatoms. The summed E-state index contributed by atoms with van der Waals surface area (Å²) in [4.78, 5) is 17.3. The zero-order chi connectivity index (χ0) is 20.8. The highest BCUT2D eigenvalue weighted by Gasteiger charge is 2.18. The van der Waals surface area contributed by atoms with E-state index in [2.05, 4.69) is 33.3 Å². The monoisotopic (exact) mass is 405 g/mol. The van der Waals surface area contributed by atoms with Crippen molar-refractivity contribution in [3.8, 4) is 5.75 Å². The van der Waals surface area contributed by atoms with Gasteiger partial charge in [0.15, 0.2) is 0 Å². The Bertz CT molecular complexity index is 946. The summed E-state index contributed by atoms with van der Waals surface area (Å²) in [6.45, 7) is 5.17. The van der Waals surface area contributed by atoms with Gasteiger partial charge in [-0.05, 0) is 54.1 Å². The summed E-state index contributed by atoms with van der Waals surface area (Å²) in [6.07, 6.45) is 1.61. The molecule has 1 fully saturated rings. The number of anilines is 1. The summed E-state index contributed by atoms with van der Waals surface area (Å²) < 4.78 is 10.5. The molecule has 0 saturated carbocycles. The van der Waals surface area contributed by atoms with Crippen molar-refractivity contribution < 1.29 is 13.9 Å². The first kappa shape index (κ1) is 20.0. The molecule has 1 N–H and O–H groups in total. The maximum absolute atomic E-state index is 12.4. The van der Waals surface area contributed by atoms with Gasteiger partial charge in [-0.15, -0.1) is 0 Å². The first-order valence-corrected chi connectivity index (χ1v) is 10.2. The van der Waals surface area contributed by atoms with E-state index in [0.29, 0.717) is 12.1 Å². The van der Waals surface area contributed by atoms with E-state index in [9.17, 15) is 4.79 Å². The normalized spacial score (nSPS) is 14.5. The number of furan rings is 1. The van der Waals surface area contributed by atoms with Crippen molar-refractivity contribution in [1.82, 2.24) is 10.2 Å². The van der Waals surface area contributed by atoms with Gasteiger partial charge in [-0.3, -0.25) is 9.69 Å². The minimum atomic E-state index is -0.0856. The highest BCUT2D eigenvalue weighted by Crippen LogP contribution is 2.21. The van der Waals surface area contributed by atoms with Crippen LogP contribution in [-0.2, 0) is 13.1 Å². The quantitative estimate of drug-likeness (QED) is 0.652. The standard InChI is InChI=1S/C24H27N3O3/c1-29-22-9-7-21(8-10-22)27-13-11-26(12-14-27)18-19-4-2-5-20(16-19)24(28)25-17-23-6-3-15-30-23/h2-10,15-16H,11-14,17-18H2,1H3,(H,25,28). The summed E-state index contributed by atoms with van der Waals surface area (Å²) in [5, 5.41) is 2.90. The van der Waals surface area contributed by atoms with Gasteiger partial charge in [-0.25, -0.2) is 0 Å². The number of nitrogens with one attached hydrogen (secondary N) is 1. The predicted octanol–water partition coefficient (Wildman–Crippen LogP) is 3.54. The van der Waals surface area contributed by atoms with Crippen molar-refractivity contribution in [3.63, 3.8) is 0 Å². The molecule has 2 aromatic carbocycles. The van der Waals surface area contributed by atoms with Gasteiger partial charge in [0.1, 0.15) is 11.5 Å². The lowest BCUT2D eigenvalue weighted by molar-refractivity contribution is 0.0948. The number of nitrogens with zero attached hydrogens (tertiary/aromatic N) is 2. The molecule has 1 saturated heterocycles. The SMILES string of the molecule is COc1ccc(N2CCN(Cc3cccc(C(=O)NCc4ccco4)c3)CC2)cc1. The van der Waals surface area contributed by atoms with Crippen LogP contribution in [0.1, 0.15) is 21.7 Å². The van der Waals surface area contributed by atoms with Crippen molar-refractivity contribution in [3.05, 3.63) is 83.8 Å². The van der Waals surface area contributed by atoms with Crippen molar-refractivity contribution in [1.29, 1.82) is 0 Å². The van der Waals surface area contributed by atoms with E-state index in [-0.39, 0.29) is 5.91 Å². The minimum absolute atomic E-state index is 0.0856. The molecular weight excluding hydrogens is 378 g/mol. The van der Waals surface area contributed by atoms with Crippen molar-refractivity contribution in [2.45, 2.75) is 13.1 Å². The smallest absolute Gasteiger partial charge is 0.251 e. The molecule has 0 spiro atoms. The molecule has 4 rings (SSSR count). The third-order valence-electron chi connectivity index (χ3n) is 5.41. The summed E-state index contributed by atoms with van der Waals surface area (Å²) in [6, 6.07) is 19.8. The van der Waals surface area contributed by atoms with Crippen LogP contribution in [0, 0.1) is 0 Å². The van der Waals surface area contributed by atoms with Crippen LogP contribution in [0.4, 0.5) is 5.69 Å². The van der Waals surface area contributed by atoms with E-state index in [1.807, 2.05) is 42.5 Å². The number of rotatable bonds is 7. The van der Waals surface area contributed by atoms with Gasteiger partial charge in [-0.2, -0.15) is 0 Å². The van der Waals surface area contributed by atoms with Crippen molar-refractivity contribution in [2.24, 2.45) is 0 Å². The largest absolute Gasteiger partial charge is 0.497 e. The number of hydrogen-bond acceptors (Lipinski definition) is 5. The Morgan fingerprint density at radius 1 is 1.03 bits per heavy atom. The highest BCUT2D eigenvalue weighted by molar-refractivity contribution is 5.94. The number of methoxy groups -OCH3 is 1. The fourth-order valence-electron chi connectivity index (χ4n) is 3.71. The van der Waals surface area contributed by atoms with Crippen LogP contribution in [0.2, 0.25) is 0 Å². The predicted molar refractivity (Wildman–Crippen MR) is 117 cm³/mol. The number of carbonyl (C=O) groups excluding carboxylic acids is 1. The van der Waals surface area contributed by atoms with Crippen LogP contribution >= 0.6 is 0 Å². The number of piperazine rings is 1. The molecule has 1 amide bonds. The topological polar surface area (TPSA) is 58.0 Å². The van der Waals surface area contributed by atoms with Crippen LogP contribution in [0.25, 0.3) is 0 Å². The van der Waals surface area contributed by atoms with Gasteiger partial charge in [-0.1, -0.05) is 12.1 Å². The minimum Gasteiger partial charge on any atom is -0.497 e. The molecular formula is C24H27N3O3. The maximum Gasteiger partial charge on any atom is 0.251 e. The van der Waals surface area contributed by atoms with E-state index in [1.54, 1.807) is 13.4 Å². The molecule has 1 aliphatic rings. The molecule has 0 aliphatic carbocycles. The van der Waals surface area contributed by atoms with Crippen molar-refractivity contribution in [2.75, 3.05) is 38.2 Å². The molecule has 6 nitrogen and oxygen atoms in total. The second kappa shape index (κ2) is 9.50. The fourth-order valence-corrected chi connectivity index (χ4v) is 3.71. The first-order chi connectivity index (χ1) is 14.7. The molecule has 156 valence electrons. The van der Waals surface area contributed by atoms with Gasteiger partial charge in [0.25, 0.3) is 5.91 Å². The molecule has 0 atom stereocenters. The zero-order valence-corrected chi connectivity index (χ0v) is 17.2. The number of carbonyl (C=O) groups is 1. The highest BCUT2D eigenvalue weighted by atomic mass is 16.5. The van der Waals surface area contributed by atoms with E-state index < -0.39 is 0 Å². The average Bonchev–Trinajstić information content (AvgIpc) is 3.32. The summed E-state index contributed by atoms with van der Waals surface area (Å²) >= 11 is 0. The molecule has 30 heavy (non-hydrogen) atoms. The Morgan fingerprint density at radius 3 is 2.53 bits per heavy atom. The Hall–Kier alpha value is -3.25. The van der Waals surface area contributed by atoms with Gasteiger partial charge in [0.2, 0.25) is 0 Å². The lowest BCUT2D eigenvalue weighted by Gasteiger charge is -2.36. The Balaban J connectivity index is 1.29. The molecule has 3 aromatic rings. The number of benzene rings is 2. The van der Waals surface area contributed by atoms with Gasteiger partial charge in [0.05, 0.1) is 19.9 Å². The van der Waals surface area contributed by atoms with Gasteiger partial charge in [0, 0.05) is 44.0 Å². The van der Waals surface area contributed by atoms with Crippen LogP contribution < -0.4 is 15.0 Å². The van der Waals surface area contributed by atoms with Crippen LogP contribution in [0.5, 0.6) is 5.75 Å². The second-order valence-corrected chi connectivity index (χ2v) is 7.42. The summed E-state index contributed by atoms with van der Waals surface area (Å²) in [5.74, 6) is 1.54. The Morgan fingerprint density at radius 2 is 1.83 bits per heavy atom. The molecule has 1 aliphatic heterocycles. The third kappa shape index (κ3) is 5.02.